The summed E-state index contributed by atoms with van der Waals surface area (Å²) in [6.07, 6.45) is 8.53. The van der Waals surface area contributed by atoms with Crippen LogP contribution in [0.25, 0.3) is 10.9 Å². The predicted octanol–water partition coefficient (Wildman–Crippen LogP) is 5.31. The van der Waals surface area contributed by atoms with E-state index in [-0.39, 0.29) is 23.6 Å². The number of carbonyl (C=O) groups is 1. The Bertz CT molecular complexity index is 1540. The van der Waals surface area contributed by atoms with E-state index < -0.39 is 11.9 Å². The van der Waals surface area contributed by atoms with Gasteiger partial charge in [0.2, 0.25) is 5.95 Å². The number of halogens is 1. The van der Waals surface area contributed by atoms with Crippen molar-refractivity contribution >= 4 is 45.6 Å². The second kappa shape index (κ2) is 9.17. The summed E-state index contributed by atoms with van der Waals surface area (Å²) < 4.78 is 14.8. The molecule has 6 rings (SSSR count). The Morgan fingerprint density at radius 2 is 2.00 bits per heavy atom. The number of aromatic nitrogens is 4. The van der Waals surface area contributed by atoms with Crippen molar-refractivity contribution in [3.8, 4) is 6.07 Å². The third-order valence-electron chi connectivity index (χ3n) is 7.21. The zero-order chi connectivity index (χ0) is 25.5. The van der Waals surface area contributed by atoms with E-state index in [2.05, 4.69) is 31.5 Å². The second-order valence-electron chi connectivity index (χ2n) is 9.53. The number of fused-ring (bicyclic) bond motifs is 2. The number of nitrogens with one attached hydrogen (secondary N) is 2. The molecule has 186 valence electrons. The van der Waals surface area contributed by atoms with Gasteiger partial charge in [0, 0.05) is 17.5 Å². The van der Waals surface area contributed by atoms with E-state index in [0.717, 1.165) is 31.1 Å². The minimum absolute atomic E-state index is 0.103. The van der Waals surface area contributed by atoms with Gasteiger partial charge >= 0.3 is 0 Å². The number of nitriles is 1. The lowest BCUT2D eigenvalue weighted by Crippen LogP contribution is -2.55. The van der Waals surface area contributed by atoms with Crippen molar-refractivity contribution in [3.63, 3.8) is 0 Å². The number of hydrogen-bond acceptors (Lipinski definition) is 7. The molecular weight excluding hydrogens is 471 g/mol. The van der Waals surface area contributed by atoms with Crippen molar-refractivity contribution in [2.24, 2.45) is 0 Å². The first-order valence-electron chi connectivity index (χ1n) is 12.4. The van der Waals surface area contributed by atoms with E-state index in [1.807, 2.05) is 6.92 Å². The van der Waals surface area contributed by atoms with Crippen molar-refractivity contribution in [1.29, 1.82) is 5.26 Å². The highest BCUT2D eigenvalue weighted by Gasteiger charge is 2.41. The Hall–Kier alpha value is -4.52. The molecule has 0 bridgehead atoms. The molecule has 9 nitrogen and oxygen atoms in total. The standard InChI is InChI=1S/C27H25FN8O/c1-16-26(37)36(20-9-5-6-17(10-20)13-29)24-15-30-27(33-25(24)35(16)19-7-3-2-4-8-19)32-23-11-18-14-31-34-22(18)12-21(23)28/h5-6,9-12,14-16,19H,2-4,7-8H2,1H3,(H,31,34)(H,30,32,33)/t16-/m1/s1. The molecule has 1 amide bonds. The van der Waals surface area contributed by atoms with Gasteiger partial charge in [-0.1, -0.05) is 25.3 Å². The number of carbonyl (C=O) groups excluding carboxylic acids is 1. The molecule has 3 heterocycles. The molecule has 37 heavy (non-hydrogen) atoms. The van der Waals surface area contributed by atoms with Crippen molar-refractivity contribution < 1.29 is 9.18 Å². The van der Waals surface area contributed by atoms with Gasteiger partial charge in [0.25, 0.3) is 5.91 Å². The van der Waals surface area contributed by atoms with Crippen LogP contribution in [0, 0.1) is 17.1 Å². The smallest absolute Gasteiger partial charge is 0.254 e. The first-order chi connectivity index (χ1) is 18.0. The van der Waals surface area contributed by atoms with Crippen LogP contribution >= 0.6 is 0 Å². The lowest BCUT2D eigenvalue weighted by Gasteiger charge is -2.45. The van der Waals surface area contributed by atoms with Gasteiger partial charge in [-0.15, -0.1) is 0 Å². The number of rotatable bonds is 4. The molecule has 2 aliphatic rings. The Labute approximate surface area is 212 Å². The van der Waals surface area contributed by atoms with E-state index in [0.29, 0.717) is 28.3 Å². The molecule has 10 heteroatoms. The van der Waals surface area contributed by atoms with Crippen LogP contribution in [-0.2, 0) is 4.79 Å². The highest BCUT2D eigenvalue weighted by molar-refractivity contribution is 6.10. The molecule has 1 fully saturated rings. The van der Waals surface area contributed by atoms with Crippen molar-refractivity contribution in [2.45, 2.75) is 51.1 Å². The fourth-order valence-electron chi connectivity index (χ4n) is 5.39. The summed E-state index contributed by atoms with van der Waals surface area (Å²) in [5, 5.41) is 19.9. The van der Waals surface area contributed by atoms with Gasteiger partial charge in [0.15, 0.2) is 5.82 Å². The molecule has 0 radical (unpaired) electrons. The minimum Gasteiger partial charge on any atom is -0.340 e. The van der Waals surface area contributed by atoms with E-state index in [9.17, 15) is 14.4 Å². The average Bonchev–Trinajstić information content (AvgIpc) is 3.37. The molecule has 1 atom stereocenters. The Balaban J connectivity index is 1.45. The highest BCUT2D eigenvalue weighted by atomic mass is 19.1. The zero-order valence-corrected chi connectivity index (χ0v) is 20.3. The molecular formula is C27H25FN8O. The second-order valence-corrected chi connectivity index (χ2v) is 9.53. The molecule has 1 aliphatic carbocycles. The van der Waals surface area contributed by atoms with Crippen LogP contribution in [0.3, 0.4) is 0 Å². The van der Waals surface area contributed by atoms with Crippen LogP contribution in [0.4, 0.5) is 33.2 Å². The number of benzene rings is 2. The number of hydrogen-bond donors (Lipinski definition) is 2. The molecule has 1 aliphatic heterocycles. The maximum atomic E-state index is 14.8. The molecule has 0 saturated heterocycles. The van der Waals surface area contributed by atoms with Gasteiger partial charge in [-0.3, -0.25) is 14.8 Å². The van der Waals surface area contributed by atoms with E-state index in [1.165, 1.54) is 12.5 Å². The normalized spacial score (nSPS) is 18.1. The Morgan fingerprint density at radius 1 is 1.16 bits per heavy atom. The summed E-state index contributed by atoms with van der Waals surface area (Å²) >= 11 is 0. The van der Waals surface area contributed by atoms with E-state index >= 15 is 0 Å². The summed E-state index contributed by atoms with van der Waals surface area (Å²) in [6.45, 7) is 1.89. The third kappa shape index (κ3) is 4.02. The summed E-state index contributed by atoms with van der Waals surface area (Å²) in [7, 11) is 0. The van der Waals surface area contributed by atoms with Crippen molar-refractivity contribution in [1.82, 2.24) is 20.2 Å². The van der Waals surface area contributed by atoms with Gasteiger partial charge in [0.1, 0.15) is 17.5 Å². The molecule has 4 aromatic rings. The number of H-pyrrole nitrogens is 1. The molecule has 1 saturated carbocycles. The lowest BCUT2D eigenvalue weighted by molar-refractivity contribution is -0.119. The first-order valence-corrected chi connectivity index (χ1v) is 12.4. The largest absolute Gasteiger partial charge is 0.340 e. The monoisotopic (exact) mass is 496 g/mol. The van der Waals surface area contributed by atoms with Gasteiger partial charge in [-0.05, 0) is 44.0 Å². The van der Waals surface area contributed by atoms with Gasteiger partial charge in [0.05, 0.1) is 40.9 Å². The van der Waals surface area contributed by atoms with E-state index in [4.69, 9.17) is 4.98 Å². The number of aromatic amines is 1. The Morgan fingerprint density at radius 3 is 2.81 bits per heavy atom. The summed E-state index contributed by atoms with van der Waals surface area (Å²) in [5.41, 5.74) is 2.41. The SMILES string of the molecule is C[C@@H]1C(=O)N(c2cccc(C#N)c2)c2cnc(Nc3cc4cn[nH]c4cc3F)nc2N1C1CCCCC1. The predicted molar refractivity (Wildman–Crippen MR) is 138 cm³/mol. The fourth-order valence-corrected chi connectivity index (χ4v) is 5.39. The van der Waals surface area contributed by atoms with Gasteiger partial charge in [-0.2, -0.15) is 15.3 Å². The van der Waals surface area contributed by atoms with Crippen molar-refractivity contribution in [3.05, 3.63) is 60.2 Å². The average molecular weight is 497 g/mol. The molecule has 2 N–H and O–H groups in total. The molecule has 0 unspecified atom stereocenters. The van der Waals surface area contributed by atoms with Crippen LogP contribution in [0.15, 0.2) is 48.8 Å². The van der Waals surface area contributed by atoms with Crippen molar-refractivity contribution in [2.75, 3.05) is 15.1 Å². The van der Waals surface area contributed by atoms with Crippen LogP contribution in [0.5, 0.6) is 0 Å². The van der Waals surface area contributed by atoms with E-state index in [1.54, 1.807) is 47.6 Å². The lowest BCUT2D eigenvalue weighted by atomic mass is 9.92. The van der Waals surface area contributed by atoms with Crippen LogP contribution in [-0.4, -0.2) is 38.2 Å². The summed E-state index contributed by atoms with van der Waals surface area (Å²) in [4.78, 5) is 26.7. The quantitative estimate of drug-likeness (QED) is 0.393. The maximum absolute atomic E-state index is 14.8. The third-order valence-corrected chi connectivity index (χ3v) is 7.21. The summed E-state index contributed by atoms with van der Waals surface area (Å²) in [5.74, 6) is 0.284. The molecule has 2 aromatic heterocycles. The van der Waals surface area contributed by atoms with Gasteiger partial charge in [-0.25, -0.2) is 9.37 Å². The van der Waals surface area contributed by atoms with Crippen LogP contribution in [0.2, 0.25) is 0 Å². The van der Waals surface area contributed by atoms with Crippen LogP contribution < -0.4 is 15.1 Å². The number of nitrogens with zero attached hydrogens (tertiary/aromatic N) is 6. The maximum Gasteiger partial charge on any atom is 0.254 e. The number of amides is 1. The van der Waals surface area contributed by atoms with Crippen LogP contribution in [0.1, 0.15) is 44.6 Å². The minimum atomic E-state index is -0.469. The number of anilines is 5. The fraction of sp³-hybridized carbons (Fsp3) is 0.296. The summed E-state index contributed by atoms with van der Waals surface area (Å²) in [6, 6.07) is 11.8. The zero-order valence-electron chi connectivity index (χ0n) is 20.3. The van der Waals surface area contributed by atoms with Gasteiger partial charge < -0.3 is 10.2 Å². The Kier molecular flexibility index (Phi) is 5.68. The topological polar surface area (TPSA) is 114 Å². The molecule has 2 aromatic carbocycles. The first kappa shape index (κ1) is 22.9. The highest BCUT2D eigenvalue weighted by Crippen LogP contribution is 2.42. The molecule has 0 spiro atoms.